The van der Waals surface area contributed by atoms with Gasteiger partial charge in [0.1, 0.15) is 0 Å². The van der Waals surface area contributed by atoms with Crippen LogP contribution in [0.1, 0.15) is 65.3 Å². The molecular weight excluding hydrogens is 592 g/mol. The average Bonchev–Trinajstić information content (AvgIpc) is 3.75. The summed E-state index contributed by atoms with van der Waals surface area (Å²) in [4.78, 5) is 22.4. The molecule has 0 fully saturated rings. The van der Waals surface area contributed by atoms with E-state index in [0.29, 0.717) is 54.6 Å². The number of rotatable bonds is 9. The van der Waals surface area contributed by atoms with Gasteiger partial charge < -0.3 is 9.84 Å². The molecule has 0 aromatic carbocycles. The van der Waals surface area contributed by atoms with Gasteiger partial charge in [-0.05, 0) is 96.7 Å². The van der Waals surface area contributed by atoms with Crippen molar-refractivity contribution >= 4 is 23.2 Å². The molecule has 0 aliphatic rings. The van der Waals surface area contributed by atoms with Crippen LogP contribution < -0.4 is 0 Å². The fourth-order valence-corrected chi connectivity index (χ4v) is 5.21. The molecule has 0 aliphatic heterocycles. The highest BCUT2D eigenvalue weighted by atomic mass is 16.5. The van der Waals surface area contributed by atoms with Gasteiger partial charge in [-0.25, -0.2) is 9.36 Å². The predicted molar refractivity (Wildman–Crippen MR) is 165 cm³/mol. The van der Waals surface area contributed by atoms with Gasteiger partial charge in [0.05, 0.1) is 18.0 Å². The first-order chi connectivity index (χ1) is 22.0. The lowest BCUT2D eigenvalue weighted by molar-refractivity contribution is -0.143. The summed E-state index contributed by atoms with van der Waals surface area (Å²) in [6.07, 6.45) is 1.49. The minimum absolute atomic E-state index is 0.0877. The maximum absolute atomic E-state index is 11.6. The highest BCUT2D eigenvalue weighted by Crippen LogP contribution is 2.20. The van der Waals surface area contributed by atoms with Crippen molar-refractivity contribution in [2.75, 3.05) is 6.61 Å². The Morgan fingerprint density at radius 3 is 1.57 bits per heavy atom. The number of carbonyl (C=O) groups excluding carboxylic acids is 1. The zero-order valence-electron chi connectivity index (χ0n) is 26.9. The second-order valence-electron chi connectivity index (χ2n) is 10.7. The van der Waals surface area contributed by atoms with Gasteiger partial charge in [0.25, 0.3) is 0 Å². The molecule has 6 rings (SSSR count). The van der Waals surface area contributed by atoms with Gasteiger partial charge in [0, 0.05) is 24.2 Å². The average molecular weight is 629 g/mol. The highest BCUT2D eigenvalue weighted by molar-refractivity contribution is 5.69. The van der Waals surface area contributed by atoms with Crippen LogP contribution in [0.5, 0.6) is 0 Å². The van der Waals surface area contributed by atoms with Crippen LogP contribution in [0, 0.1) is 41.5 Å². The first-order valence-corrected chi connectivity index (χ1v) is 14.8. The monoisotopic (exact) mass is 628 g/mol. The molecule has 0 spiro atoms. The van der Waals surface area contributed by atoms with Gasteiger partial charge in [0.2, 0.25) is 0 Å². The lowest BCUT2D eigenvalue weighted by Gasteiger charge is -2.05. The van der Waals surface area contributed by atoms with Crippen LogP contribution in [0.4, 0.5) is 0 Å². The summed E-state index contributed by atoms with van der Waals surface area (Å²) in [7, 11) is 0. The minimum atomic E-state index is -0.814. The Morgan fingerprint density at radius 2 is 1.13 bits per heavy atom. The van der Waals surface area contributed by atoms with Gasteiger partial charge in [-0.3, -0.25) is 9.59 Å². The smallest absolute Gasteiger partial charge is 0.306 e. The Morgan fingerprint density at radius 1 is 0.674 bits per heavy atom. The third kappa shape index (κ3) is 6.45. The molecular formula is C30H36N12O4. The van der Waals surface area contributed by atoms with E-state index in [1.165, 1.54) is 0 Å². The molecule has 0 bridgehead atoms. The number of aryl methyl sites for hydroxylation is 4. The van der Waals surface area contributed by atoms with Crippen molar-refractivity contribution in [2.24, 2.45) is 0 Å². The van der Waals surface area contributed by atoms with Crippen LogP contribution in [0.2, 0.25) is 0 Å². The molecule has 6 aromatic heterocycles. The first kappa shape index (κ1) is 31.9. The molecule has 46 heavy (non-hydrogen) atoms. The lowest BCUT2D eigenvalue weighted by Crippen LogP contribution is -2.07. The van der Waals surface area contributed by atoms with Gasteiger partial charge >= 0.3 is 11.9 Å². The zero-order valence-corrected chi connectivity index (χ0v) is 26.9. The molecule has 16 heteroatoms. The minimum Gasteiger partial charge on any atom is -0.481 e. The molecule has 0 aliphatic carbocycles. The van der Waals surface area contributed by atoms with Crippen LogP contribution in [-0.4, -0.2) is 82.8 Å². The van der Waals surface area contributed by atoms with Crippen LogP contribution in [0.15, 0.2) is 24.3 Å². The van der Waals surface area contributed by atoms with Crippen molar-refractivity contribution in [3.05, 3.63) is 69.8 Å². The van der Waals surface area contributed by atoms with E-state index in [-0.39, 0.29) is 12.4 Å². The predicted octanol–water partition coefficient (Wildman–Crippen LogP) is 2.98. The summed E-state index contributed by atoms with van der Waals surface area (Å²) in [5.41, 5.74) is 6.94. The molecule has 0 unspecified atom stereocenters. The standard InChI is InChI=1S/C16H20N6O2.C14H16N6O2/c1-5-24-16(23)9-6-13-10(2)19-21(11(13)3)15-8-7-14-18-17-12(4)22(14)20-15;1-8-11(4-7-14(21)22)9(2)19(17-8)13-6-5-12-16-15-10(3)20(12)18-13/h7-8H,5-6,9H2,1-4H3;5-6H,4,7H2,1-3H3,(H,21,22). The van der Waals surface area contributed by atoms with Gasteiger partial charge in [-0.15, -0.1) is 30.6 Å². The number of ether oxygens (including phenoxy) is 1. The summed E-state index contributed by atoms with van der Waals surface area (Å²) in [5, 5.41) is 43.0. The van der Waals surface area contributed by atoms with Crippen molar-refractivity contribution in [2.45, 2.75) is 74.1 Å². The molecule has 0 saturated heterocycles. The molecule has 0 radical (unpaired) electrons. The number of aromatic nitrogens is 12. The third-order valence-corrected chi connectivity index (χ3v) is 7.60. The van der Waals surface area contributed by atoms with E-state index < -0.39 is 5.97 Å². The van der Waals surface area contributed by atoms with Gasteiger partial charge in [-0.2, -0.15) is 19.2 Å². The van der Waals surface area contributed by atoms with Crippen molar-refractivity contribution in [1.82, 2.24) is 59.2 Å². The zero-order chi connectivity index (χ0) is 33.1. The highest BCUT2D eigenvalue weighted by Gasteiger charge is 2.17. The van der Waals surface area contributed by atoms with Crippen LogP contribution in [0.3, 0.4) is 0 Å². The van der Waals surface area contributed by atoms with E-state index in [0.717, 1.165) is 39.7 Å². The van der Waals surface area contributed by atoms with Gasteiger partial charge in [-0.1, -0.05) is 0 Å². The number of aliphatic carboxylic acids is 1. The number of hydrogen-bond acceptors (Lipinski definition) is 11. The van der Waals surface area contributed by atoms with Crippen LogP contribution in [0.25, 0.3) is 22.9 Å². The second kappa shape index (κ2) is 13.2. The number of carboxylic acids is 1. The summed E-state index contributed by atoms with van der Waals surface area (Å²) in [6.45, 7) is 13.6. The molecule has 16 nitrogen and oxygen atoms in total. The maximum atomic E-state index is 11.6. The number of nitrogens with zero attached hydrogens (tertiary/aromatic N) is 12. The SMILES string of the molecule is CCOC(=O)CCc1c(C)nn(-c2ccc3nnc(C)n3n2)c1C.Cc1nn(-c2ccc3nnc(C)n3n2)c(C)c1CCC(=O)O. The van der Waals surface area contributed by atoms with Crippen molar-refractivity contribution in [3.63, 3.8) is 0 Å². The van der Waals surface area contributed by atoms with E-state index in [2.05, 4.69) is 40.8 Å². The van der Waals surface area contributed by atoms with Crippen molar-refractivity contribution < 1.29 is 19.4 Å². The molecule has 0 saturated carbocycles. The number of esters is 1. The molecule has 240 valence electrons. The summed E-state index contributed by atoms with van der Waals surface area (Å²) < 4.78 is 11.8. The fourth-order valence-electron chi connectivity index (χ4n) is 5.21. The Hall–Kier alpha value is -5.54. The molecule has 0 amide bonds. The van der Waals surface area contributed by atoms with Crippen molar-refractivity contribution in [1.29, 1.82) is 0 Å². The largest absolute Gasteiger partial charge is 0.481 e. The summed E-state index contributed by atoms with van der Waals surface area (Å²) in [5.74, 6) is 1.75. The molecule has 6 heterocycles. The maximum Gasteiger partial charge on any atom is 0.306 e. The number of hydrogen-bond donors (Lipinski definition) is 1. The molecule has 0 atom stereocenters. The normalized spacial score (nSPS) is 11.2. The Balaban J connectivity index is 0.000000182. The summed E-state index contributed by atoms with van der Waals surface area (Å²) in [6, 6.07) is 7.37. The third-order valence-electron chi connectivity index (χ3n) is 7.60. The van der Waals surface area contributed by atoms with Crippen LogP contribution in [-0.2, 0) is 27.2 Å². The fraction of sp³-hybridized carbons (Fsp3) is 0.400. The first-order valence-electron chi connectivity index (χ1n) is 14.8. The Labute approximate surface area is 264 Å². The number of fused-ring (bicyclic) bond motifs is 2. The van der Waals surface area contributed by atoms with Gasteiger partial charge in [0.15, 0.2) is 34.6 Å². The quantitative estimate of drug-likeness (QED) is 0.231. The van der Waals surface area contributed by atoms with E-state index in [1.807, 2.05) is 65.8 Å². The molecule has 6 aromatic rings. The number of carbonyl (C=O) groups is 2. The topological polar surface area (TPSA) is 185 Å². The van der Waals surface area contributed by atoms with E-state index in [9.17, 15) is 9.59 Å². The lowest BCUT2D eigenvalue weighted by atomic mass is 10.1. The Bertz CT molecular complexity index is 2050. The van der Waals surface area contributed by atoms with E-state index in [4.69, 9.17) is 9.84 Å². The van der Waals surface area contributed by atoms with E-state index in [1.54, 1.807) is 25.3 Å². The second-order valence-corrected chi connectivity index (χ2v) is 10.7. The summed E-state index contributed by atoms with van der Waals surface area (Å²) >= 11 is 0. The van der Waals surface area contributed by atoms with Crippen molar-refractivity contribution in [3.8, 4) is 11.6 Å². The molecule has 1 N–H and O–H groups in total. The Kier molecular flexibility index (Phi) is 9.16. The van der Waals surface area contributed by atoms with E-state index >= 15 is 0 Å². The number of carboxylic acid groups (broad SMARTS) is 1. The van der Waals surface area contributed by atoms with Crippen LogP contribution >= 0.6 is 0 Å².